The molecule has 1 aromatic rings. The number of nitrogens with zero attached hydrogens (tertiary/aromatic N) is 1. The third-order valence-electron chi connectivity index (χ3n) is 4.11. The normalized spacial score (nSPS) is 24.5. The molecule has 0 spiro atoms. The molecule has 1 aliphatic heterocycles. The van der Waals surface area contributed by atoms with Gasteiger partial charge in [-0.3, -0.25) is 0 Å². The first-order chi connectivity index (χ1) is 8.99. The van der Waals surface area contributed by atoms with Gasteiger partial charge in [-0.25, -0.2) is 0 Å². The van der Waals surface area contributed by atoms with Crippen molar-refractivity contribution in [3.05, 3.63) is 29.3 Å². The Morgan fingerprint density at radius 3 is 2.74 bits per heavy atom. The van der Waals surface area contributed by atoms with Crippen LogP contribution in [0.4, 0.5) is 5.69 Å². The van der Waals surface area contributed by atoms with Crippen molar-refractivity contribution in [2.75, 3.05) is 18.6 Å². The van der Waals surface area contributed by atoms with E-state index in [0.717, 1.165) is 19.4 Å². The number of aryl methyl sites for hydroxylation is 1. The first-order valence-electron chi connectivity index (χ1n) is 7.18. The highest BCUT2D eigenvalue weighted by Crippen LogP contribution is 2.26. The molecule has 1 heterocycles. The number of hydrogen-bond donors (Lipinski definition) is 1. The molecule has 1 aliphatic rings. The maximum absolute atomic E-state index is 5.88. The minimum absolute atomic E-state index is 0.213. The average Bonchev–Trinajstić information content (AvgIpc) is 2.76. The maximum Gasteiger partial charge on any atom is 0.0750 e. The topological polar surface area (TPSA) is 38.5 Å². The molecule has 0 amide bonds. The Labute approximate surface area is 116 Å². The van der Waals surface area contributed by atoms with Crippen molar-refractivity contribution in [2.45, 2.75) is 51.8 Å². The number of nitrogens with two attached hydrogens (primary N) is 1. The van der Waals surface area contributed by atoms with E-state index in [0.29, 0.717) is 12.1 Å². The van der Waals surface area contributed by atoms with Gasteiger partial charge in [0.1, 0.15) is 0 Å². The van der Waals surface area contributed by atoms with Gasteiger partial charge >= 0.3 is 0 Å². The predicted octanol–water partition coefficient (Wildman–Crippen LogP) is 2.50. The van der Waals surface area contributed by atoms with Crippen molar-refractivity contribution < 1.29 is 4.74 Å². The minimum Gasteiger partial charge on any atom is -0.376 e. The van der Waals surface area contributed by atoms with Gasteiger partial charge < -0.3 is 15.4 Å². The molecule has 3 nitrogen and oxygen atoms in total. The predicted molar refractivity (Wildman–Crippen MR) is 80.8 cm³/mol. The van der Waals surface area contributed by atoms with E-state index in [9.17, 15) is 0 Å². The molecule has 1 aromatic carbocycles. The number of likely N-dealkylation sites (N-methyl/N-ethyl adjacent to an activating group) is 1. The van der Waals surface area contributed by atoms with E-state index < -0.39 is 0 Å². The molecule has 3 heteroatoms. The van der Waals surface area contributed by atoms with Gasteiger partial charge in [-0.05, 0) is 56.9 Å². The van der Waals surface area contributed by atoms with E-state index in [2.05, 4.69) is 50.9 Å². The van der Waals surface area contributed by atoms with Crippen LogP contribution in [0.1, 0.15) is 31.4 Å². The quantitative estimate of drug-likeness (QED) is 0.906. The van der Waals surface area contributed by atoms with E-state index in [1.54, 1.807) is 0 Å². The van der Waals surface area contributed by atoms with Gasteiger partial charge in [0, 0.05) is 25.4 Å². The molecular formula is C16H26N2O. The van der Waals surface area contributed by atoms with Gasteiger partial charge in [0.25, 0.3) is 0 Å². The largest absolute Gasteiger partial charge is 0.376 e. The fourth-order valence-corrected chi connectivity index (χ4v) is 2.90. The van der Waals surface area contributed by atoms with Crippen LogP contribution < -0.4 is 10.6 Å². The zero-order valence-corrected chi connectivity index (χ0v) is 12.5. The number of hydrogen-bond acceptors (Lipinski definition) is 3. The highest BCUT2D eigenvalue weighted by molar-refractivity contribution is 5.51. The molecule has 19 heavy (non-hydrogen) atoms. The molecule has 1 fully saturated rings. The summed E-state index contributed by atoms with van der Waals surface area (Å²) in [5.74, 6) is 0. The van der Waals surface area contributed by atoms with Crippen molar-refractivity contribution in [1.82, 2.24) is 0 Å². The lowest BCUT2D eigenvalue weighted by Gasteiger charge is -2.29. The average molecular weight is 262 g/mol. The van der Waals surface area contributed by atoms with E-state index >= 15 is 0 Å². The van der Waals surface area contributed by atoms with Crippen LogP contribution in [0.15, 0.2) is 18.2 Å². The summed E-state index contributed by atoms with van der Waals surface area (Å²) in [5, 5.41) is 0. The van der Waals surface area contributed by atoms with Crippen molar-refractivity contribution in [3.8, 4) is 0 Å². The van der Waals surface area contributed by atoms with E-state index in [1.807, 2.05) is 0 Å². The van der Waals surface area contributed by atoms with Gasteiger partial charge in [0.2, 0.25) is 0 Å². The molecule has 2 N–H and O–H groups in total. The molecular weight excluding hydrogens is 236 g/mol. The molecule has 0 aliphatic carbocycles. The van der Waals surface area contributed by atoms with Crippen LogP contribution in [-0.4, -0.2) is 31.8 Å². The summed E-state index contributed by atoms with van der Waals surface area (Å²) in [4.78, 5) is 2.35. The fraction of sp³-hybridized carbons (Fsp3) is 0.625. The summed E-state index contributed by atoms with van der Waals surface area (Å²) in [7, 11) is 2.16. The number of ether oxygens (including phenoxy) is 1. The van der Waals surface area contributed by atoms with Crippen molar-refractivity contribution >= 4 is 5.69 Å². The maximum atomic E-state index is 5.88. The van der Waals surface area contributed by atoms with Gasteiger partial charge in [-0.2, -0.15) is 0 Å². The van der Waals surface area contributed by atoms with Crippen LogP contribution in [0, 0.1) is 6.92 Å². The van der Waals surface area contributed by atoms with Crippen LogP contribution >= 0.6 is 0 Å². The zero-order chi connectivity index (χ0) is 14.0. The number of anilines is 1. The van der Waals surface area contributed by atoms with Crippen LogP contribution in [0.2, 0.25) is 0 Å². The summed E-state index contributed by atoms with van der Waals surface area (Å²) >= 11 is 0. The molecule has 3 unspecified atom stereocenters. The van der Waals surface area contributed by atoms with E-state index in [1.165, 1.54) is 16.8 Å². The number of rotatable bonds is 4. The Hall–Kier alpha value is -1.06. The Bertz CT molecular complexity index is 431. The first kappa shape index (κ1) is 14.4. The molecule has 2 rings (SSSR count). The molecule has 0 bridgehead atoms. The van der Waals surface area contributed by atoms with Gasteiger partial charge in [-0.1, -0.05) is 6.07 Å². The summed E-state index contributed by atoms with van der Waals surface area (Å²) < 4.78 is 5.66. The Balaban J connectivity index is 2.14. The monoisotopic (exact) mass is 262 g/mol. The lowest BCUT2D eigenvalue weighted by molar-refractivity contribution is 0.118. The molecule has 3 atom stereocenters. The second-order valence-corrected chi connectivity index (χ2v) is 5.84. The third-order valence-corrected chi connectivity index (χ3v) is 4.11. The van der Waals surface area contributed by atoms with Crippen LogP contribution in [0.25, 0.3) is 0 Å². The first-order valence-corrected chi connectivity index (χ1v) is 7.18. The smallest absolute Gasteiger partial charge is 0.0750 e. The molecule has 0 saturated carbocycles. The van der Waals surface area contributed by atoms with Gasteiger partial charge in [0.05, 0.1) is 12.1 Å². The lowest BCUT2D eigenvalue weighted by atomic mass is 10.0. The van der Waals surface area contributed by atoms with E-state index in [-0.39, 0.29) is 6.04 Å². The van der Waals surface area contributed by atoms with Crippen LogP contribution in [0.5, 0.6) is 0 Å². The molecule has 106 valence electrons. The second kappa shape index (κ2) is 5.93. The summed E-state index contributed by atoms with van der Waals surface area (Å²) in [5.41, 5.74) is 9.83. The Morgan fingerprint density at radius 1 is 1.47 bits per heavy atom. The zero-order valence-electron chi connectivity index (χ0n) is 12.5. The highest BCUT2D eigenvalue weighted by Gasteiger charge is 2.28. The lowest BCUT2D eigenvalue weighted by Crippen LogP contribution is -2.36. The Kier molecular flexibility index (Phi) is 4.48. The van der Waals surface area contributed by atoms with E-state index in [4.69, 9.17) is 10.5 Å². The summed E-state index contributed by atoms with van der Waals surface area (Å²) in [6.07, 6.45) is 2.37. The van der Waals surface area contributed by atoms with Crippen LogP contribution in [0.3, 0.4) is 0 Å². The molecule has 0 radical (unpaired) electrons. The number of benzene rings is 1. The van der Waals surface area contributed by atoms with Crippen molar-refractivity contribution in [2.24, 2.45) is 5.73 Å². The van der Waals surface area contributed by atoms with Gasteiger partial charge in [0.15, 0.2) is 0 Å². The molecule has 1 saturated heterocycles. The van der Waals surface area contributed by atoms with Crippen molar-refractivity contribution in [3.63, 3.8) is 0 Å². The minimum atomic E-state index is 0.213. The SMILES string of the molecule is Cc1cc(N(C)C2CCOC2C)ccc1CC(C)N. The second-order valence-electron chi connectivity index (χ2n) is 5.84. The summed E-state index contributed by atoms with van der Waals surface area (Å²) in [6.45, 7) is 7.25. The highest BCUT2D eigenvalue weighted by atomic mass is 16.5. The fourth-order valence-electron chi connectivity index (χ4n) is 2.90. The van der Waals surface area contributed by atoms with Crippen molar-refractivity contribution in [1.29, 1.82) is 0 Å². The Morgan fingerprint density at radius 2 is 2.21 bits per heavy atom. The summed E-state index contributed by atoms with van der Waals surface area (Å²) in [6, 6.07) is 7.38. The molecule has 0 aromatic heterocycles. The van der Waals surface area contributed by atoms with Gasteiger partial charge in [-0.15, -0.1) is 0 Å². The standard InChI is InChI=1S/C16H26N2O/c1-11-9-15(6-5-14(11)10-12(2)17)18(4)16-7-8-19-13(16)3/h5-6,9,12-13,16H,7-8,10,17H2,1-4H3. The van der Waals surface area contributed by atoms with Crippen LogP contribution in [-0.2, 0) is 11.2 Å². The third kappa shape index (κ3) is 3.28.